The van der Waals surface area contributed by atoms with Gasteiger partial charge in [-0.2, -0.15) is 11.8 Å². The van der Waals surface area contributed by atoms with Crippen LogP contribution < -0.4 is 5.32 Å². The lowest BCUT2D eigenvalue weighted by Gasteiger charge is -2.35. The first kappa shape index (κ1) is 16.9. The average molecular weight is 361 g/mol. The molecule has 1 fully saturated rings. The molecule has 0 bridgehead atoms. The van der Waals surface area contributed by atoms with Crippen LogP contribution in [0.4, 0.5) is 5.69 Å². The molecule has 2 aromatic rings. The standard InChI is InChI=1S/C18H17ClN2O2S/c19-14-6-8-15(9-7-14)20-17(22)18(23)21-10-11-24-12-16(21)13-4-2-1-3-5-13/h1-9,16H,10-12H2,(H,20,22)/t16-/m0/s1. The van der Waals surface area contributed by atoms with Gasteiger partial charge in [0.05, 0.1) is 6.04 Å². The van der Waals surface area contributed by atoms with Crippen molar-refractivity contribution < 1.29 is 9.59 Å². The molecule has 124 valence electrons. The monoisotopic (exact) mass is 360 g/mol. The van der Waals surface area contributed by atoms with Crippen molar-refractivity contribution in [3.05, 3.63) is 65.2 Å². The van der Waals surface area contributed by atoms with Crippen LogP contribution >= 0.6 is 23.4 Å². The molecule has 3 rings (SSSR count). The van der Waals surface area contributed by atoms with E-state index in [1.807, 2.05) is 30.3 Å². The third-order valence-electron chi connectivity index (χ3n) is 3.87. The van der Waals surface area contributed by atoms with Crippen LogP contribution in [-0.2, 0) is 9.59 Å². The Kier molecular flexibility index (Phi) is 5.43. The maximum atomic E-state index is 12.6. The molecule has 0 aromatic heterocycles. The molecule has 2 amide bonds. The highest BCUT2D eigenvalue weighted by Gasteiger charge is 2.31. The number of nitrogens with zero attached hydrogens (tertiary/aromatic N) is 1. The van der Waals surface area contributed by atoms with Gasteiger partial charge in [0, 0.05) is 28.8 Å². The van der Waals surface area contributed by atoms with Crippen molar-refractivity contribution in [2.75, 3.05) is 23.4 Å². The van der Waals surface area contributed by atoms with Crippen LogP contribution in [0.2, 0.25) is 5.02 Å². The van der Waals surface area contributed by atoms with E-state index in [1.54, 1.807) is 40.9 Å². The second kappa shape index (κ2) is 7.73. The summed E-state index contributed by atoms with van der Waals surface area (Å²) < 4.78 is 0. The Labute approximate surface area is 150 Å². The zero-order valence-corrected chi connectivity index (χ0v) is 14.5. The van der Waals surface area contributed by atoms with Crippen molar-refractivity contribution in [1.29, 1.82) is 0 Å². The predicted octanol–water partition coefficient (Wildman–Crippen LogP) is 3.60. The van der Waals surface area contributed by atoms with Crippen molar-refractivity contribution >= 4 is 40.9 Å². The highest BCUT2D eigenvalue weighted by Crippen LogP contribution is 2.29. The van der Waals surface area contributed by atoms with E-state index in [1.165, 1.54) is 0 Å². The number of hydrogen-bond donors (Lipinski definition) is 1. The zero-order valence-electron chi connectivity index (χ0n) is 12.9. The number of hydrogen-bond acceptors (Lipinski definition) is 3. The van der Waals surface area contributed by atoms with Gasteiger partial charge in [0.1, 0.15) is 0 Å². The fourth-order valence-corrected chi connectivity index (χ4v) is 3.86. The number of nitrogens with one attached hydrogen (secondary N) is 1. The molecule has 1 aliphatic rings. The molecule has 4 nitrogen and oxygen atoms in total. The van der Waals surface area contributed by atoms with Gasteiger partial charge in [-0.3, -0.25) is 9.59 Å². The highest BCUT2D eigenvalue weighted by atomic mass is 35.5. The van der Waals surface area contributed by atoms with E-state index < -0.39 is 11.8 Å². The van der Waals surface area contributed by atoms with Crippen molar-refractivity contribution in [3.8, 4) is 0 Å². The van der Waals surface area contributed by atoms with Gasteiger partial charge in [-0.1, -0.05) is 41.9 Å². The van der Waals surface area contributed by atoms with Crippen LogP contribution in [0, 0.1) is 0 Å². The lowest BCUT2D eigenvalue weighted by molar-refractivity contribution is -0.144. The molecule has 0 unspecified atom stereocenters. The highest BCUT2D eigenvalue weighted by molar-refractivity contribution is 7.99. The van der Waals surface area contributed by atoms with E-state index in [2.05, 4.69) is 5.32 Å². The quantitative estimate of drug-likeness (QED) is 0.832. The summed E-state index contributed by atoms with van der Waals surface area (Å²) in [5, 5.41) is 3.22. The second-order valence-electron chi connectivity index (χ2n) is 5.46. The Morgan fingerprint density at radius 3 is 2.50 bits per heavy atom. The van der Waals surface area contributed by atoms with E-state index >= 15 is 0 Å². The third-order valence-corrected chi connectivity index (χ3v) is 5.14. The van der Waals surface area contributed by atoms with Crippen molar-refractivity contribution in [3.63, 3.8) is 0 Å². The summed E-state index contributed by atoms with van der Waals surface area (Å²) in [5.41, 5.74) is 1.61. The summed E-state index contributed by atoms with van der Waals surface area (Å²) in [5.74, 6) is 0.511. The fraction of sp³-hybridized carbons (Fsp3) is 0.222. The van der Waals surface area contributed by atoms with Crippen molar-refractivity contribution in [2.24, 2.45) is 0 Å². The van der Waals surface area contributed by atoms with E-state index in [4.69, 9.17) is 11.6 Å². The van der Waals surface area contributed by atoms with Gasteiger partial charge in [-0.15, -0.1) is 0 Å². The minimum absolute atomic E-state index is 0.0755. The molecule has 0 saturated carbocycles. The third kappa shape index (κ3) is 3.91. The van der Waals surface area contributed by atoms with E-state index in [9.17, 15) is 9.59 Å². The topological polar surface area (TPSA) is 49.4 Å². The number of halogens is 1. The Morgan fingerprint density at radius 2 is 1.79 bits per heavy atom. The first-order valence-corrected chi connectivity index (χ1v) is 9.18. The van der Waals surface area contributed by atoms with Crippen LogP contribution in [0.3, 0.4) is 0 Å². The summed E-state index contributed by atoms with van der Waals surface area (Å²) in [6.07, 6.45) is 0. The Hall–Kier alpha value is -1.98. The van der Waals surface area contributed by atoms with Gasteiger partial charge in [0.15, 0.2) is 0 Å². The SMILES string of the molecule is O=C(Nc1ccc(Cl)cc1)C(=O)N1CCSC[C@H]1c1ccccc1. The lowest BCUT2D eigenvalue weighted by Crippen LogP contribution is -2.46. The summed E-state index contributed by atoms with van der Waals surface area (Å²) in [6, 6.07) is 16.4. The summed E-state index contributed by atoms with van der Waals surface area (Å²) in [6.45, 7) is 0.567. The molecular formula is C18H17ClN2O2S. The molecule has 1 aliphatic heterocycles. The number of anilines is 1. The Bertz CT molecular complexity index is 722. The fourth-order valence-electron chi connectivity index (χ4n) is 2.65. The Balaban J connectivity index is 1.74. The number of carbonyl (C=O) groups excluding carboxylic acids is 2. The maximum absolute atomic E-state index is 12.6. The van der Waals surface area contributed by atoms with E-state index in [-0.39, 0.29) is 6.04 Å². The first-order chi connectivity index (χ1) is 11.6. The van der Waals surface area contributed by atoms with Gasteiger partial charge in [0.2, 0.25) is 0 Å². The average Bonchev–Trinajstić information content (AvgIpc) is 2.63. The van der Waals surface area contributed by atoms with E-state index in [0.29, 0.717) is 17.3 Å². The second-order valence-corrected chi connectivity index (χ2v) is 7.05. The van der Waals surface area contributed by atoms with Crippen molar-refractivity contribution in [2.45, 2.75) is 6.04 Å². The van der Waals surface area contributed by atoms with Crippen LogP contribution in [0.25, 0.3) is 0 Å². The summed E-state index contributed by atoms with van der Waals surface area (Å²) in [4.78, 5) is 26.6. The molecule has 0 spiro atoms. The lowest BCUT2D eigenvalue weighted by atomic mass is 10.1. The predicted molar refractivity (Wildman–Crippen MR) is 98.3 cm³/mol. The van der Waals surface area contributed by atoms with Gasteiger partial charge in [-0.25, -0.2) is 0 Å². The molecule has 1 N–H and O–H groups in total. The van der Waals surface area contributed by atoms with Gasteiger partial charge < -0.3 is 10.2 Å². The van der Waals surface area contributed by atoms with Gasteiger partial charge >= 0.3 is 11.8 Å². The first-order valence-electron chi connectivity index (χ1n) is 7.65. The molecule has 0 aliphatic carbocycles. The summed E-state index contributed by atoms with van der Waals surface area (Å²) >= 11 is 7.63. The number of thioether (sulfide) groups is 1. The van der Waals surface area contributed by atoms with E-state index in [0.717, 1.165) is 17.1 Å². The van der Waals surface area contributed by atoms with Gasteiger partial charge in [-0.05, 0) is 29.8 Å². The molecule has 1 atom stereocenters. The largest absolute Gasteiger partial charge is 0.326 e. The molecule has 24 heavy (non-hydrogen) atoms. The Morgan fingerprint density at radius 1 is 1.08 bits per heavy atom. The molecule has 2 aromatic carbocycles. The molecule has 0 radical (unpaired) electrons. The van der Waals surface area contributed by atoms with Crippen LogP contribution in [0.15, 0.2) is 54.6 Å². The maximum Gasteiger partial charge on any atom is 0.313 e. The minimum atomic E-state index is -0.620. The van der Waals surface area contributed by atoms with Crippen LogP contribution in [-0.4, -0.2) is 34.8 Å². The smallest absolute Gasteiger partial charge is 0.313 e. The summed E-state index contributed by atoms with van der Waals surface area (Å²) in [7, 11) is 0. The van der Waals surface area contributed by atoms with Gasteiger partial charge in [0.25, 0.3) is 0 Å². The molecule has 6 heteroatoms. The molecule has 1 heterocycles. The molecular weight excluding hydrogens is 344 g/mol. The minimum Gasteiger partial charge on any atom is -0.326 e. The number of rotatable bonds is 2. The van der Waals surface area contributed by atoms with Crippen LogP contribution in [0.1, 0.15) is 11.6 Å². The number of carbonyl (C=O) groups is 2. The number of benzene rings is 2. The molecule has 1 saturated heterocycles. The zero-order chi connectivity index (χ0) is 16.9. The van der Waals surface area contributed by atoms with Crippen LogP contribution in [0.5, 0.6) is 0 Å². The number of amides is 2. The van der Waals surface area contributed by atoms with Crippen molar-refractivity contribution in [1.82, 2.24) is 4.90 Å². The normalized spacial score (nSPS) is 17.4.